The number of aliphatic hydroxyl groups excluding tert-OH is 1. The van der Waals surface area contributed by atoms with Gasteiger partial charge in [-0.15, -0.1) is 0 Å². The summed E-state index contributed by atoms with van der Waals surface area (Å²) in [6.07, 6.45) is -0.289. The van der Waals surface area contributed by atoms with Gasteiger partial charge in [0.2, 0.25) is 0 Å². The molecular weight excluding hydrogens is 547 g/mol. The number of aromatic amines is 1. The number of para-hydroxylation sites is 1. The van der Waals surface area contributed by atoms with Crippen molar-refractivity contribution in [1.82, 2.24) is 9.55 Å². The van der Waals surface area contributed by atoms with E-state index in [2.05, 4.69) is 4.98 Å². The number of esters is 1. The van der Waals surface area contributed by atoms with Crippen molar-refractivity contribution in [3.05, 3.63) is 57.7 Å². The zero-order valence-electron chi connectivity index (χ0n) is 23.7. The molecule has 1 saturated carbocycles. The van der Waals surface area contributed by atoms with Crippen LogP contribution in [0.2, 0.25) is 0 Å². The summed E-state index contributed by atoms with van der Waals surface area (Å²) < 4.78 is 54.9. The zero-order valence-corrected chi connectivity index (χ0v) is 23.4. The largest absolute Gasteiger partial charge is 0.462 e. The number of nitrogens with zero attached hydrogens (tertiary/aromatic N) is 1. The lowest BCUT2D eigenvalue weighted by molar-refractivity contribution is -0.154. The summed E-state index contributed by atoms with van der Waals surface area (Å²) in [4.78, 5) is 26.9. The second kappa shape index (κ2) is 12.4. The van der Waals surface area contributed by atoms with Crippen molar-refractivity contribution >= 4 is 25.8 Å². The molecule has 4 rings (SSSR count). The summed E-state index contributed by atoms with van der Waals surface area (Å²) in [7, 11) is -4.48. The molecule has 11 nitrogen and oxygen atoms in total. The molecule has 1 aliphatic heterocycles. The molecule has 2 aliphatic rings. The van der Waals surface area contributed by atoms with Crippen LogP contribution in [0.15, 0.2) is 47.4 Å². The SMILES string of the molecule is [2H]C([2H])(OP(=O)(C[C@@H](C)C(=O)OC1CCCCC1)Oc1ccccc1)[C@H]1O[C@@H](n2ccc(=O)[nH]c2=S)C(C)(O)[C@H]1O. The van der Waals surface area contributed by atoms with E-state index in [-0.39, 0.29) is 16.6 Å². The Morgan fingerprint density at radius 3 is 2.67 bits per heavy atom. The number of ether oxygens (including phenoxy) is 2. The molecule has 3 N–H and O–H groups in total. The minimum atomic E-state index is -4.48. The summed E-state index contributed by atoms with van der Waals surface area (Å²) in [5, 5.41) is 22.0. The predicted octanol–water partition coefficient (Wildman–Crippen LogP) is 3.72. The van der Waals surface area contributed by atoms with E-state index in [4.69, 9.17) is 33.5 Å². The highest BCUT2D eigenvalue weighted by Gasteiger charge is 2.53. The Kier molecular flexibility index (Phi) is 8.57. The van der Waals surface area contributed by atoms with E-state index in [1.165, 1.54) is 32.2 Å². The van der Waals surface area contributed by atoms with Gasteiger partial charge in [0.15, 0.2) is 11.0 Å². The Labute approximate surface area is 234 Å². The van der Waals surface area contributed by atoms with Gasteiger partial charge in [0.05, 0.1) is 21.4 Å². The topological polar surface area (TPSA) is 149 Å². The zero-order chi connectivity index (χ0) is 30.0. The first-order valence-corrected chi connectivity index (χ1v) is 15.0. The summed E-state index contributed by atoms with van der Waals surface area (Å²) >= 11 is 5.14. The van der Waals surface area contributed by atoms with Crippen LogP contribution in [0.4, 0.5) is 0 Å². The van der Waals surface area contributed by atoms with Gasteiger partial charge in [0, 0.05) is 12.3 Å². The Balaban J connectivity index is 1.58. The van der Waals surface area contributed by atoms with E-state index in [1.807, 2.05) is 0 Å². The number of aliphatic hydroxyl groups is 2. The van der Waals surface area contributed by atoms with Crippen molar-refractivity contribution in [3.8, 4) is 5.75 Å². The van der Waals surface area contributed by atoms with Crippen molar-refractivity contribution < 1.29 is 40.8 Å². The third-order valence-corrected chi connectivity index (χ3v) is 8.98. The van der Waals surface area contributed by atoms with Gasteiger partial charge >= 0.3 is 13.6 Å². The normalized spacial score (nSPS) is 29.1. The lowest BCUT2D eigenvalue weighted by Crippen LogP contribution is -2.44. The number of carbonyl (C=O) groups is 1. The molecule has 1 aromatic carbocycles. The Morgan fingerprint density at radius 1 is 1.31 bits per heavy atom. The van der Waals surface area contributed by atoms with Crippen LogP contribution in [-0.4, -0.2) is 62.4 Å². The molecular formula is C26H35N2O9PS. The van der Waals surface area contributed by atoms with Crippen LogP contribution in [0.25, 0.3) is 0 Å². The maximum atomic E-state index is 14.1. The second-order valence-corrected chi connectivity index (χ2v) is 12.4. The van der Waals surface area contributed by atoms with Crippen LogP contribution in [0.5, 0.6) is 5.75 Å². The van der Waals surface area contributed by atoms with Gasteiger partial charge in [0.25, 0.3) is 5.56 Å². The van der Waals surface area contributed by atoms with Gasteiger partial charge in [-0.05, 0) is 57.0 Å². The monoisotopic (exact) mass is 584 g/mol. The Bertz CT molecular complexity index is 1380. The van der Waals surface area contributed by atoms with Crippen LogP contribution < -0.4 is 10.1 Å². The quantitative estimate of drug-likeness (QED) is 0.214. The van der Waals surface area contributed by atoms with Crippen LogP contribution in [0, 0.1) is 10.7 Å². The second-order valence-electron chi connectivity index (χ2n) is 10.1. The van der Waals surface area contributed by atoms with Crippen LogP contribution in [0.1, 0.15) is 54.9 Å². The maximum Gasteiger partial charge on any atom is 0.380 e. The Morgan fingerprint density at radius 2 is 2.00 bits per heavy atom. The number of carbonyl (C=O) groups excluding carboxylic acids is 1. The van der Waals surface area contributed by atoms with Crippen molar-refractivity contribution in [2.24, 2.45) is 5.92 Å². The van der Waals surface area contributed by atoms with E-state index in [1.54, 1.807) is 18.2 Å². The van der Waals surface area contributed by atoms with Crippen LogP contribution in [0.3, 0.4) is 0 Å². The molecule has 13 heteroatoms. The molecule has 2 heterocycles. The lowest BCUT2D eigenvalue weighted by atomic mass is 9.96. The summed E-state index contributed by atoms with van der Waals surface area (Å²) in [5.41, 5.74) is -2.62. The molecule has 1 saturated heterocycles. The fraction of sp³-hybridized carbons (Fsp3) is 0.577. The fourth-order valence-corrected chi connectivity index (χ4v) is 6.57. The molecule has 2 aromatic rings. The predicted molar refractivity (Wildman–Crippen MR) is 144 cm³/mol. The number of benzene rings is 1. The number of hydrogen-bond acceptors (Lipinski definition) is 10. The molecule has 1 aromatic heterocycles. The number of rotatable bonds is 10. The van der Waals surface area contributed by atoms with Crippen LogP contribution >= 0.6 is 19.8 Å². The smallest absolute Gasteiger partial charge is 0.380 e. The van der Waals surface area contributed by atoms with E-state index < -0.39 is 61.8 Å². The third-order valence-electron chi connectivity index (χ3n) is 6.80. The Hall–Kier alpha value is -2.34. The fourth-order valence-electron chi connectivity index (χ4n) is 4.60. The molecule has 39 heavy (non-hydrogen) atoms. The minimum Gasteiger partial charge on any atom is -0.462 e. The van der Waals surface area contributed by atoms with Crippen molar-refractivity contribution in [1.29, 1.82) is 0 Å². The molecule has 0 amide bonds. The standard InChI is InChI=1S/C26H35N2O9PS/c1-17(23(31)35-18-9-5-3-6-10-18)16-38(33,37-19-11-7-4-8-12-19)34-15-20-22(30)26(2,32)24(36-20)28-14-13-21(29)27-25(28)39/h4,7-8,11-14,17-18,20,22,24,30,32H,3,5-6,9-10,15-16H2,1-2H3,(H,27,29,39)/t17-,20-,22+,24-,26?,38?/m1/s1/i15D2. The highest BCUT2D eigenvalue weighted by Crippen LogP contribution is 2.51. The molecule has 214 valence electrons. The van der Waals surface area contributed by atoms with E-state index in [0.717, 1.165) is 42.7 Å². The summed E-state index contributed by atoms with van der Waals surface area (Å²) in [6, 6.07) is 9.06. The van der Waals surface area contributed by atoms with Crippen LogP contribution in [-0.2, 0) is 23.4 Å². The van der Waals surface area contributed by atoms with Crippen molar-refractivity contribution in [2.75, 3.05) is 12.7 Å². The van der Waals surface area contributed by atoms with Crippen molar-refractivity contribution in [3.63, 3.8) is 0 Å². The van der Waals surface area contributed by atoms with Gasteiger partial charge in [0.1, 0.15) is 29.7 Å². The first kappa shape index (κ1) is 26.9. The van der Waals surface area contributed by atoms with Crippen molar-refractivity contribution in [2.45, 2.75) is 76.1 Å². The minimum absolute atomic E-state index is 0.108. The maximum absolute atomic E-state index is 14.1. The lowest BCUT2D eigenvalue weighted by Gasteiger charge is -2.28. The molecule has 0 bridgehead atoms. The summed E-state index contributed by atoms with van der Waals surface area (Å²) in [6.45, 7) is -0.306. The van der Waals surface area contributed by atoms with Gasteiger partial charge < -0.3 is 24.2 Å². The third kappa shape index (κ3) is 7.25. The average Bonchev–Trinajstić information content (AvgIpc) is 3.14. The number of H-pyrrole nitrogens is 1. The summed E-state index contributed by atoms with van der Waals surface area (Å²) in [5.74, 6) is -1.48. The van der Waals surface area contributed by atoms with Gasteiger partial charge in [-0.25, -0.2) is 4.57 Å². The molecule has 0 spiro atoms. The van der Waals surface area contributed by atoms with E-state index in [9.17, 15) is 24.4 Å². The molecule has 2 unspecified atom stereocenters. The molecule has 0 radical (unpaired) electrons. The van der Waals surface area contributed by atoms with E-state index >= 15 is 0 Å². The highest BCUT2D eigenvalue weighted by atomic mass is 32.1. The molecule has 1 aliphatic carbocycles. The van der Waals surface area contributed by atoms with Gasteiger partial charge in [-0.1, -0.05) is 31.5 Å². The first-order valence-electron chi connectivity index (χ1n) is 13.8. The van der Waals surface area contributed by atoms with Gasteiger partial charge in [-0.3, -0.25) is 23.7 Å². The molecule has 6 atom stereocenters. The molecule has 2 fully saturated rings. The van der Waals surface area contributed by atoms with E-state index in [0.29, 0.717) is 0 Å². The first-order chi connectivity index (χ1) is 19.2. The average molecular weight is 585 g/mol. The number of hydrogen-bond donors (Lipinski definition) is 3. The number of nitrogens with one attached hydrogen (secondary N) is 1. The highest BCUT2D eigenvalue weighted by molar-refractivity contribution is 7.71. The number of aromatic nitrogens is 2. The van der Waals surface area contributed by atoms with Gasteiger partial charge in [-0.2, -0.15) is 0 Å².